The molecule has 0 N–H and O–H groups in total. The Hall–Kier alpha value is -1.96. The predicted octanol–water partition coefficient (Wildman–Crippen LogP) is 5.38. The summed E-state index contributed by atoms with van der Waals surface area (Å²) in [5, 5.41) is 2.61. The number of nitrogens with zero attached hydrogens (tertiary/aromatic N) is 1. The second kappa shape index (κ2) is 6.21. The lowest BCUT2D eigenvalue weighted by atomic mass is 10.1. The van der Waals surface area contributed by atoms with E-state index in [9.17, 15) is 0 Å². The molecule has 2 heteroatoms. The minimum atomic E-state index is 0.927. The Morgan fingerprint density at radius 1 is 0.905 bits per heavy atom. The third-order valence-corrected chi connectivity index (χ3v) is 4.21. The van der Waals surface area contributed by atoms with Crippen molar-refractivity contribution >= 4 is 21.8 Å². The van der Waals surface area contributed by atoms with Crippen LogP contribution in [0.15, 0.2) is 42.5 Å². The Morgan fingerprint density at radius 2 is 1.71 bits per heavy atom. The predicted molar refractivity (Wildman–Crippen MR) is 90.1 cm³/mol. The second-order valence-corrected chi connectivity index (χ2v) is 5.61. The van der Waals surface area contributed by atoms with Crippen molar-refractivity contribution in [3.8, 4) is 5.75 Å². The van der Waals surface area contributed by atoms with E-state index in [1.807, 2.05) is 0 Å². The van der Waals surface area contributed by atoms with E-state index in [1.54, 1.807) is 7.11 Å². The summed E-state index contributed by atoms with van der Waals surface area (Å²) >= 11 is 0. The number of para-hydroxylation sites is 1. The van der Waals surface area contributed by atoms with E-state index < -0.39 is 0 Å². The number of hydrogen-bond acceptors (Lipinski definition) is 1. The fourth-order valence-electron chi connectivity index (χ4n) is 3.10. The molecule has 1 aromatic heterocycles. The SMILES string of the molecule is CCCCCCn1c2ccccc2c2cc(OC)ccc21. The van der Waals surface area contributed by atoms with Gasteiger partial charge >= 0.3 is 0 Å². The van der Waals surface area contributed by atoms with Gasteiger partial charge < -0.3 is 9.30 Å². The molecule has 1 heterocycles. The highest BCUT2D eigenvalue weighted by molar-refractivity contribution is 6.08. The number of ether oxygens (including phenoxy) is 1. The van der Waals surface area contributed by atoms with Gasteiger partial charge in [0.15, 0.2) is 0 Å². The van der Waals surface area contributed by atoms with E-state index in [2.05, 4.69) is 54.0 Å². The lowest BCUT2D eigenvalue weighted by Gasteiger charge is -2.07. The monoisotopic (exact) mass is 281 g/mol. The maximum absolute atomic E-state index is 5.38. The van der Waals surface area contributed by atoms with Gasteiger partial charge in [-0.1, -0.05) is 44.4 Å². The highest BCUT2D eigenvalue weighted by atomic mass is 16.5. The van der Waals surface area contributed by atoms with Crippen LogP contribution in [0.25, 0.3) is 21.8 Å². The fourth-order valence-corrected chi connectivity index (χ4v) is 3.10. The van der Waals surface area contributed by atoms with Crippen LogP contribution in [0.4, 0.5) is 0 Å². The van der Waals surface area contributed by atoms with Crippen LogP contribution in [0.3, 0.4) is 0 Å². The van der Waals surface area contributed by atoms with Crippen LogP contribution in [0, 0.1) is 0 Å². The van der Waals surface area contributed by atoms with Crippen molar-refractivity contribution in [2.75, 3.05) is 7.11 Å². The number of methoxy groups -OCH3 is 1. The van der Waals surface area contributed by atoms with Gasteiger partial charge in [0.2, 0.25) is 0 Å². The molecule has 2 aromatic carbocycles. The van der Waals surface area contributed by atoms with E-state index in [4.69, 9.17) is 4.74 Å². The molecular weight excluding hydrogens is 258 g/mol. The summed E-state index contributed by atoms with van der Waals surface area (Å²) < 4.78 is 7.84. The van der Waals surface area contributed by atoms with Gasteiger partial charge in [0.1, 0.15) is 5.75 Å². The summed E-state index contributed by atoms with van der Waals surface area (Å²) in [4.78, 5) is 0. The average Bonchev–Trinajstić information content (AvgIpc) is 2.85. The maximum Gasteiger partial charge on any atom is 0.119 e. The Balaban J connectivity index is 2.07. The summed E-state index contributed by atoms with van der Waals surface area (Å²) in [6.45, 7) is 3.35. The van der Waals surface area contributed by atoms with Gasteiger partial charge in [-0.3, -0.25) is 0 Å². The van der Waals surface area contributed by atoms with Crippen molar-refractivity contribution in [1.29, 1.82) is 0 Å². The van der Waals surface area contributed by atoms with E-state index in [0.29, 0.717) is 0 Å². The van der Waals surface area contributed by atoms with Crippen LogP contribution >= 0.6 is 0 Å². The van der Waals surface area contributed by atoms with Gasteiger partial charge in [-0.25, -0.2) is 0 Å². The Morgan fingerprint density at radius 3 is 2.52 bits per heavy atom. The fraction of sp³-hybridized carbons (Fsp3) is 0.368. The Bertz CT molecular complexity index is 742. The van der Waals surface area contributed by atoms with Gasteiger partial charge in [-0.05, 0) is 30.7 Å². The average molecular weight is 281 g/mol. The maximum atomic E-state index is 5.38. The molecule has 110 valence electrons. The van der Waals surface area contributed by atoms with Crippen LogP contribution in [0.5, 0.6) is 5.75 Å². The zero-order valence-electron chi connectivity index (χ0n) is 12.9. The lowest BCUT2D eigenvalue weighted by Crippen LogP contribution is -1.97. The highest BCUT2D eigenvalue weighted by Crippen LogP contribution is 2.31. The quantitative estimate of drug-likeness (QED) is 0.553. The standard InChI is InChI=1S/C19H23NO/c1-3-4-5-8-13-20-18-10-7-6-9-16(18)17-14-15(21-2)11-12-19(17)20/h6-7,9-12,14H,3-5,8,13H2,1-2H3. The number of fused-ring (bicyclic) bond motifs is 3. The van der Waals surface area contributed by atoms with Gasteiger partial charge in [-0.2, -0.15) is 0 Å². The van der Waals surface area contributed by atoms with Gasteiger partial charge in [0.05, 0.1) is 7.11 Å². The molecule has 0 radical (unpaired) electrons. The molecule has 0 saturated heterocycles. The van der Waals surface area contributed by atoms with Gasteiger partial charge in [-0.15, -0.1) is 0 Å². The molecule has 2 nitrogen and oxygen atoms in total. The lowest BCUT2D eigenvalue weighted by molar-refractivity contribution is 0.415. The molecule has 0 saturated carbocycles. The molecular formula is C19H23NO. The number of hydrogen-bond donors (Lipinski definition) is 0. The van der Waals surface area contributed by atoms with Crippen molar-refractivity contribution in [2.45, 2.75) is 39.2 Å². The molecule has 0 atom stereocenters. The van der Waals surface area contributed by atoms with E-state index in [-0.39, 0.29) is 0 Å². The molecule has 3 aromatic rings. The summed E-state index contributed by atoms with van der Waals surface area (Å²) in [7, 11) is 1.73. The molecule has 21 heavy (non-hydrogen) atoms. The first-order valence-electron chi connectivity index (χ1n) is 7.90. The topological polar surface area (TPSA) is 14.2 Å². The summed E-state index contributed by atoms with van der Waals surface area (Å²) in [5.41, 5.74) is 2.64. The molecule has 0 amide bonds. The van der Waals surface area contributed by atoms with Crippen LogP contribution in [-0.4, -0.2) is 11.7 Å². The third kappa shape index (κ3) is 2.63. The molecule has 0 spiro atoms. The first-order valence-corrected chi connectivity index (χ1v) is 7.90. The number of unbranched alkanes of at least 4 members (excludes halogenated alkanes) is 3. The second-order valence-electron chi connectivity index (χ2n) is 5.61. The molecule has 0 aliphatic carbocycles. The largest absolute Gasteiger partial charge is 0.497 e. The van der Waals surface area contributed by atoms with Crippen molar-refractivity contribution in [1.82, 2.24) is 4.57 Å². The Kier molecular flexibility index (Phi) is 4.14. The number of rotatable bonds is 6. The number of benzene rings is 2. The normalized spacial score (nSPS) is 11.3. The molecule has 0 fully saturated rings. The van der Waals surface area contributed by atoms with Crippen molar-refractivity contribution in [3.63, 3.8) is 0 Å². The van der Waals surface area contributed by atoms with E-state index in [0.717, 1.165) is 12.3 Å². The molecule has 0 unspecified atom stereocenters. The van der Waals surface area contributed by atoms with Crippen molar-refractivity contribution < 1.29 is 4.74 Å². The molecule has 0 bridgehead atoms. The summed E-state index contributed by atoms with van der Waals surface area (Å²) in [6, 6.07) is 15.1. The van der Waals surface area contributed by atoms with Crippen LogP contribution in [0.1, 0.15) is 32.6 Å². The van der Waals surface area contributed by atoms with E-state index >= 15 is 0 Å². The highest BCUT2D eigenvalue weighted by Gasteiger charge is 2.10. The van der Waals surface area contributed by atoms with E-state index in [1.165, 1.54) is 47.5 Å². The number of aryl methyl sites for hydroxylation is 1. The Labute approximate surface area is 126 Å². The zero-order chi connectivity index (χ0) is 14.7. The smallest absolute Gasteiger partial charge is 0.119 e. The summed E-state index contributed by atoms with van der Waals surface area (Å²) in [6.07, 6.45) is 5.16. The molecule has 3 rings (SSSR count). The zero-order valence-corrected chi connectivity index (χ0v) is 12.9. The third-order valence-electron chi connectivity index (χ3n) is 4.21. The van der Waals surface area contributed by atoms with Crippen LogP contribution < -0.4 is 4.74 Å². The number of aromatic nitrogens is 1. The molecule has 0 aliphatic rings. The van der Waals surface area contributed by atoms with Crippen molar-refractivity contribution in [2.24, 2.45) is 0 Å². The van der Waals surface area contributed by atoms with Gasteiger partial charge in [0.25, 0.3) is 0 Å². The van der Waals surface area contributed by atoms with Crippen LogP contribution in [0.2, 0.25) is 0 Å². The first-order chi connectivity index (χ1) is 10.3. The van der Waals surface area contributed by atoms with Gasteiger partial charge in [0, 0.05) is 28.4 Å². The minimum absolute atomic E-state index is 0.927. The van der Waals surface area contributed by atoms with Crippen molar-refractivity contribution in [3.05, 3.63) is 42.5 Å². The summed E-state index contributed by atoms with van der Waals surface area (Å²) in [5.74, 6) is 0.927. The minimum Gasteiger partial charge on any atom is -0.497 e. The van der Waals surface area contributed by atoms with Crippen LogP contribution in [-0.2, 0) is 6.54 Å². The molecule has 0 aliphatic heterocycles. The first kappa shape index (κ1) is 14.0.